The SMILES string of the molecule is CCOc1ncnc(NCC2CCOC2)c1C. The van der Waals surface area contributed by atoms with E-state index < -0.39 is 0 Å². The summed E-state index contributed by atoms with van der Waals surface area (Å²) < 4.78 is 10.8. The Labute approximate surface area is 102 Å². The molecule has 1 unspecified atom stereocenters. The van der Waals surface area contributed by atoms with E-state index in [0.29, 0.717) is 18.4 Å². The molecule has 1 saturated heterocycles. The summed E-state index contributed by atoms with van der Waals surface area (Å²) >= 11 is 0. The van der Waals surface area contributed by atoms with E-state index in [4.69, 9.17) is 9.47 Å². The van der Waals surface area contributed by atoms with Crippen molar-refractivity contribution in [3.63, 3.8) is 0 Å². The summed E-state index contributed by atoms with van der Waals surface area (Å²) in [4.78, 5) is 8.35. The zero-order valence-corrected chi connectivity index (χ0v) is 10.4. The molecule has 0 radical (unpaired) electrons. The fourth-order valence-electron chi connectivity index (χ4n) is 1.88. The van der Waals surface area contributed by atoms with Crippen LogP contribution in [0.25, 0.3) is 0 Å². The van der Waals surface area contributed by atoms with E-state index in [1.807, 2.05) is 13.8 Å². The van der Waals surface area contributed by atoms with E-state index in [2.05, 4.69) is 15.3 Å². The average molecular weight is 237 g/mol. The molecule has 1 aromatic heterocycles. The summed E-state index contributed by atoms with van der Waals surface area (Å²) in [5.41, 5.74) is 0.966. The highest BCUT2D eigenvalue weighted by molar-refractivity contribution is 5.47. The van der Waals surface area contributed by atoms with Crippen LogP contribution in [-0.4, -0.2) is 36.3 Å². The third-order valence-corrected chi connectivity index (χ3v) is 2.90. The van der Waals surface area contributed by atoms with Gasteiger partial charge < -0.3 is 14.8 Å². The Bertz CT molecular complexity index is 365. The Morgan fingerprint density at radius 1 is 1.53 bits per heavy atom. The van der Waals surface area contributed by atoms with Crippen LogP contribution in [-0.2, 0) is 4.74 Å². The minimum absolute atomic E-state index is 0.583. The van der Waals surface area contributed by atoms with E-state index in [1.54, 1.807) is 0 Å². The predicted molar refractivity (Wildman–Crippen MR) is 65.4 cm³/mol. The van der Waals surface area contributed by atoms with Crippen LogP contribution in [0.2, 0.25) is 0 Å². The van der Waals surface area contributed by atoms with Gasteiger partial charge in [-0.05, 0) is 20.3 Å². The molecule has 0 amide bonds. The van der Waals surface area contributed by atoms with E-state index in [9.17, 15) is 0 Å². The summed E-state index contributed by atoms with van der Waals surface area (Å²) in [6.45, 7) is 7.15. The molecule has 0 aromatic carbocycles. The fourth-order valence-corrected chi connectivity index (χ4v) is 1.88. The minimum Gasteiger partial charge on any atom is -0.478 e. The molecular formula is C12H19N3O2. The first kappa shape index (κ1) is 12.1. The normalized spacial score (nSPS) is 19.3. The van der Waals surface area contributed by atoms with Crippen LogP contribution in [0.5, 0.6) is 5.88 Å². The lowest BCUT2D eigenvalue weighted by Crippen LogP contribution is -2.16. The number of nitrogens with zero attached hydrogens (tertiary/aromatic N) is 2. The molecule has 17 heavy (non-hydrogen) atoms. The second kappa shape index (κ2) is 5.82. The topological polar surface area (TPSA) is 56.3 Å². The van der Waals surface area contributed by atoms with Crippen molar-refractivity contribution in [2.45, 2.75) is 20.3 Å². The molecule has 0 aliphatic carbocycles. The van der Waals surface area contributed by atoms with Gasteiger partial charge in [-0.25, -0.2) is 9.97 Å². The molecule has 5 heteroatoms. The Kier molecular flexibility index (Phi) is 4.14. The number of anilines is 1. The van der Waals surface area contributed by atoms with Crippen LogP contribution in [0.1, 0.15) is 18.9 Å². The van der Waals surface area contributed by atoms with Gasteiger partial charge in [0.25, 0.3) is 0 Å². The molecule has 0 saturated carbocycles. The van der Waals surface area contributed by atoms with Gasteiger partial charge in [-0.3, -0.25) is 0 Å². The van der Waals surface area contributed by atoms with Crippen LogP contribution in [0, 0.1) is 12.8 Å². The lowest BCUT2D eigenvalue weighted by atomic mass is 10.1. The standard InChI is InChI=1S/C12H19N3O2/c1-3-17-12-9(2)11(14-8-15-12)13-6-10-4-5-16-7-10/h8,10H,3-7H2,1-2H3,(H,13,14,15). The van der Waals surface area contributed by atoms with Gasteiger partial charge in [0.1, 0.15) is 12.1 Å². The van der Waals surface area contributed by atoms with Gasteiger partial charge in [-0.2, -0.15) is 0 Å². The summed E-state index contributed by atoms with van der Waals surface area (Å²) in [5, 5.41) is 3.34. The van der Waals surface area contributed by atoms with Gasteiger partial charge in [0.2, 0.25) is 5.88 Å². The Hall–Kier alpha value is -1.36. The molecule has 1 fully saturated rings. The van der Waals surface area contributed by atoms with Crippen molar-refractivity contribution >= 4 is 5.82 Å². The molecule has 94 valence electrons. The van der Waals surface area contributed by atoms with E-state index >= 15 is 0 Å². The smallest absolute Gasteiger partial charge is 0.221 e. The van der Waals surface area contributed by atoms with E-state index in [0.717, 1.165) is 37.6 Å². The van der Waals surface area contributed by atoms with Crippen LogP contribution >= 0.6 is 0 Å². The Balaban J connectivity index is 1.97. The number of hydrogen-bond acceptors (Lipinski definition) is 5. The third kappa shape index (κ3) is 3.06. The molecule has 2 rings (SSSR count). The summed E-state index contributed by atoms with van der Waals surface area (Å²) in [7, 11) is 0. The van der Waals surface area contributed by atoms with E-state index in [1.165, 1.54) is 6.33 Å². The molecule has 0 spiro atoms. The van der Waals surface area contributed by atoms with Crippen molar-refractivity contribution < 1.29 is 9.47 Å². The van der Waals surface area contributed by atoms with Gasteiger partial charge in [0, 0.05) is 19.1 Å². The summed E-state index contributed by atoms with van der Waals surface area (Å²) in [6, 6.07) is 0. The maximum absolute atomic E-state index is 5.43. The second-order valence-corrected chi connectivity index (χ2v) is 4.20. The average Bonchev–Trinajstić information content (AvgIpc) is 2.83. The van der Waals surface area contributed by atoms with Gasteiger partial charge in [0.05, 0.1) is 18.8 Å². The minimum atomic E-state index is 0.583. The van der Waals surface area contributed by atoms with Gasteiger partial charge in [-0.15, -0.1) is 0 Å². The van der Waals surface area contributed by atoms with Crippen LogP contribution in [0.4, 0.5) is 5.82 Å². The third-order valence-electron chi connectivity index (χ3n) is 2.90. The molecule has 0 bridgehead atoms. The predicted octanol–water partition coefficient (Wildman–Crippen LogP) is 1.63. The number of aromatic nitrogens is 2. The largest absolute Gasteiger partial charge is 0.478 e. The highest BCUT2D eigenvalue weighted by Crippen LogP contribution is 2.21. The summed E-state index contributed by atoms with van der Waals surface area (Å²) in [5.74, 6) is 2.10. The first-order chi connectivity index (χ1) is 8.31. The monoisotopic (exact) mass is 237 g/mol. The lowest BCUT2D eigenvalue weighted by Gasteiger charge is -2.13. The second-order valence-electron chi connectivity index (χ2n) is 4.20. The fraction of sp³-hybridized carbons (Fsp3) is 0.667. The zero-order chi connectivity index (χ0) is 12.1. The number of nitrogens with one attached hydrogen (secondary N) is 1. The highest BCUT2D eigenvalue weighted by atomic mass is 16.5. The number of hydrogen-bond donors (Lipinski definition) is 1. The maximum Gasteiger partial charge on any atom is 0.221 e. The molecule has 1 aromatic rings. The number of rotatable bonds is 5. The zero-order valence-electron chi connectivity index (χ0n) is 10.4. The molecule has 1 aliphatic rings. The lowest BCUT2D eigenvalue weighted by molar-refractivity contribution is 0.187. The van der Waals surface area contributed by atoms with Gasteiger partial charge in [-0.1, -0.05) is 0 Å². The molecule has 5 nitrogen and oxygen atoms in total. The van der Waals surface area contributed by atoms with Gasteiger partial charge >= 0.3 is 0 Å². The van der Waals surface area contributed by atoms with Crippen molar-refractivity contribution in [3.05, 3.63) is 11.9 Å². The first-order valence-electron chi connectivity index (χ1n) is 6.07. The number of ether oxygens (including phenoxy) is 2. The Morgan fingerprint density at radius 2 is 2.41 bits per heavy atom. The highest BCUT2D eigenvalue weighted by Gasteiger charge is 2.16. The Morgan fingerprint density at radius 3 is 3.12 bits per heavy atom. The molecule has 1 atom stereocenters. The van der Waals surface area contributed by atoms with Crippen molar-refractivity contribution in [1.82, 2.24) is 9.97 Å². The molecule has 1 N–H and O–H groups in total. The van der Waals surface area contributed by atoms with Crippen molar-refractivity contribution in [3.8, 4) is 5.88 Å². The van der Waals surface area contributed by atoms with Crippen LogP contribution in [0.3, 0.4) is 0 Å². The molecular weight excluding hydrogens is 218 g/mol. The van der Waals surface area contributed by atoms with Gasteiger partial charge in [0.15, 0.2) is 0 Å². The molecule has 1 aliphatic heterocycles. The van der Waals surface area contributed by atoms with Crippen molar-refractivity contribution in [2.24, 2.45) is 5.92 Å². The van der Waals surface area contributed by atoms with Crippen molar-refractivity contribution in [2.75, 3.05) is 31.7 Å². The quantitative estimate of drug-likeness (QED) is 0.843. The van der Waals surface area contributed by atoms with Crippen molar-refractivity contribution in [1.29, 1.82) is 0 Å². The van der Waals surface area contributed by atoms with Crippen LogP contribution in [0.15, 0.2) is 6.33 Å². The van der Waals surface area contributed by atoms with E-state index in [-0.39, 0.29) is 0 Å². The maximum atomic E-state index is 5.43. The molecule has 2 heterocycles. The first-order valence-corrected chi connectivity index (χ1v) is 6.07. The summed E-state index contributed by atoms with van der Waals surface area (Å²) in [6.07, 6.45) is 2.65. The van der Waals surface area contributed by atoms with Crippen LogP contribution < -0.4 is 10.1 Å².